The van der Waals surface area contributed by atoms with Crippen LogP contribution < -0.4 is 15.0 Å². The minimum atomic E-state index is -0.223. The second-order valence-electron chi connectivity index (χ2n) is 7.59. The predicted octanol–water partition coefficient (Wildman–Crippen LogP) is 4.66. The van der Waals surface area contributed by atoms with E-state index in [0.29, 0.717) is 24.6 Å². The van der Waals surface area contributed by atoms with Gasteiger partial charge in [-0.25, -0.2) is 4.39 Å². The van der Waals surface area contributed by atoms with E-state index in [2.05, 4.69) is 10.2 Å². The quantitative estimate of drug-likeness (QED) is 0.623. The standard InChI is InChI=1S/C25H25FN2O2/c26-22-10-12-23(13-11-22)28-15-14-20(17-28)16-27-25(29)21-8-6-19(7-9-21)18-30-24-4-2-1-3-5-24/h1-13,20H,14-18H2,(H,27,29). The number of carbonyl (C=O) groups excluding carboxylic acids is 1. The van der Waals surface area contributed by atoms with Gasteiger partial charge in [0.25, 0.3) is 5.91 Å². The van der Waals surface area contributed by atoms with Crippen LogP contribution in [0.3, 0.4) is 0 Å². The number of para-hydroxylation sites is 1. The Balaban J connectivity index is 1.23. The highest BCUT2D eigenvalue weighted by Crippen LogP contribution is 2.23. The van der Waals surface area contributed by atoms with E-state index >= 15 is 0 Å². The van der Waals surface area contributed by atoms with Gasteiger partial charge in [-0.15, -0.1) is 0 Å². The summed E-state index contributed by atoms with van der Waals surface area (Å²) in [5.41, 5.74) is 2.69. The first kappa shape index (κ1) is 20.0. The molecule has 1 unspecified atom stereocenters. The highest BCUT2D eigenvalue weighted by atomic mass is 19.1. The lowest BCUT2D eigenvalue weighted by molar-refractivity contribution is 0.0948. The van der Waals surface area contributed by atoms with Crippen LogP contribution in [0.4, 0.5) is 10.1 Å². The van der Waals surface area contributed by atoms with Crippen LogP contribution in [0.5, 0.6) is 5.75 Å². The molecule has 4 rings (SSSR count). The first-order valence-corrected chi connectivity index (χ1v) is 10.2. The molecule has 0 saturated carbocycles. The Morgan fingerprint density at radius 2 is 1.73 bits per heavy atom. The maximum atomic E-state index is 13.1. The molecule has 1 saturated heterocycles. The predicted molar refractivity (Wildman–Crippen MR) is 116 cm³/mol. The smallest absolute Gasteiger partial charge is 0.251 e. The normalized spacial score (nSPS) is 15.8. The first-order valence-electron chi connectivity index (χ1n) is 10.2. The van der Waals surface area contributed by atoms with Crippen LogP contribution in [-0.2, 0) is 6.61 Å². The molecular weight excluding hydrogens is 379 g/mol. The van der Waals surface area contributed by atoms with Crippen LogP contribution in [0.2, 0.25) is 0 Å². The summed E-state index contributed by atoms with van der Waals surface area (Å²) in [7, 11) is 0. The zero-order valence-electron chi connectivity index (χ0n) is 16.8. The molecule has 0 bridgehead atoms. The van der Waals surface area contributed by atoms with E-state index in [0.717, 1.165) is 36.5 Å². The Bertz CT molecular complexity index is 959. The summed E-state index contributed by atoms with van der Waals surface area (Å²) < 4.78 is 18.8. The lowest BCUT2D eigenvalue weighted by atomic mass is 10.1. The van der Waals surface area contributed by atoms with E-state index in [4.69, 9.17) is 4.74 Å². The fraction of sp³-hybridized carbons (Fsp3) is 0.240. The summed E-state index contributed by atoms with van der Waals surface area (Å²) in [6, 6.07) is 23.7. The van der Waals surface area contributed by atoms with Crippen molar-refractivity contribution < 1.29 is 13.9 Å². The van der Waals surface area contributed by atoms with Crippen molar-refractivity contribution in [3.8, 4) is 5.75 Å². The van der Waals surface area contributed by atoms with Gasteiger partial charge in [0.15, 0.2) is 0 Å². The number of rotatable bonds is 7. The average molecular weight is 404 g/mol. The van der Waals surface area contributed by atoms with Crippen LogP contribution in [-0.4, -0.2) is 25.5 Å². The molecule has 1 N–H and O–H groups in total. The SMILES string of the molecule is O=C(NCC1CCN(c2ccc(F)cc2)C1)c1ccc(COc2ccccc2)cc1. The summed E-state index contributed by atoms with van der Waals surface area (Å²) in [6.45, 7) is 2.88. The van der Waals surface area contributed by atoms with Gasteiger partial charge >= 0.3 is 0 Å². The summed E-state index contributed by atoms with van der Waals surface area (Å²) in [5.74, 6) is 0.924. The van der Waals surface area contributed by atoms with Crippen molar-refractivity contribution in [3.63, 3.8) is 0 Å². The fourth-order valence-corrected chi connectivity index (χ4v) is 3.66. The second-order valence-corrected chi connectivity index (χ2v) is 7.59. The number of carbonyl (C=O) groups is 1. The van der Waals surface area contributed by atoms with Gasteiger partial charge in [-0.05, 0) is 66.4 Å². The number of ether oxygens (including phenoxy) is 1. The molecule has 154 valence electrons. The maximum Gasteiger partial charge on any atom is 0.251 e. The van der Waals surface area contributed by atoms with E-state index in [1.807, 2.05) is 54.6 Å². The molecular formula is C25H25FN2O2. The third-order valence-electron chi connectivity index (χ3n) is 5.39. The largest absolute Gasteiger partial charge is 0.489 e. The van der Waals surface area contributed by atoms with Crippen molar-refractivity contribution in [1.29, 1.82) is 0 Å². The summed E-state index contributed by atoms with van der Waals surface area (Å²) in [5, 5.41) is 3.04. The number of hydrogen-bond acceptors (Lipinski definition) is 3. The summed E-state index contributed by atoms with van der Waals surface area (Å²) in [4.78, 5) is 14.7. The Hall–Kier alpha value is -3.34. The highest BCUT2D eigenvalue weighted by molar-refractivity contribution is 5.94. The van der Waals surface area contributed by atoms with E-state index < -0.39 is 0 Å². The number of benzene rings is 3. The molecule has 4 nitrogen and oxygen atoms in total. The molecule has 1 aliphatic rings. The van der Waals surface area contributed by atoms with Crippen LogP contribution in [0.15, 0.2) is 78.9 Å². The number of nitrogens with one attached hydrogen (secondary N) is 1. The maximum absolute atomic E-state index is 13.1. The zero-order valence-corrected chi connectivity index (χ0v) is 16.8. The first-order chi connectivity index (χ1) is 14.7. The molecule has 0 spiro atoms. The van der Waals surface area contributed by atoms with Crippen molar-refractivity contribution in [1.82, 2.24) is 5.32 Å². The Morgan fingerprint density at radius 1 is 1.00 bits per heavy atom. The van der Waals surface area contributed by atoms with Gasteiger partial charge in [0.1, 0.15) is 18.2 Å². The van der Waals surface area contributed by atoms with Crippen LogP contribution in [0.25, 0.3) is 0 Å². The van der Waals surface area contributed by atoms with Crippen LogP contribution in [0.1, 0.15) is 22.3 Å². The molecule has 1 amide bonds. The van der Waals surface area contributed by atoms with E-state index in [1.54, 1.807) is 12.1 Å². The third kappa shape index (κ3) is 5.17. The molecule has 5 heteroatoms. The summed E-state index contributed by atoms with van der Waals surface area (Å²) >= 11 is 0. The Morgan fingerprint density at radius 3 is 2.47 bits per heavy atom. The molecule has 1 heterocycles. The topological polar surface area (TPSA) is 41.6 Å². The van der Waals surface area contributed by atoms with E-state index in [-0.39, 0.29) is 11.7 Å². The van der Waals surface area contributed by atoms with Gasteiger partial charge in [0, 0.05) is 30.9 Å². The molecule has 0 radical (unpaired) electrons. The number of hydrogen-bond donors (Lipinski definition) is 1. The van der Waals surface area contributed by atoms with Crippen molar-refractivity contribution in [2.75, 3.05) is 24.5 Å². The molecule has 3 aromatic carbocycles. The van der Waals surface area contributed by atoms with E-state index in [1.165, 1.54) is 12.1 Å². The Labute approximate surface area is 176 Å². The monoisotopic (exact) mass is 404 g/mol. The number of anilines is 1. The van der Waals surface area contributed by atoms with Gasteiger partial charge < -0.3 is 15.0 Å². The zero-order chi connectivity index (χ0) is 20.8. The molecule has 1 atom stereocenters. The van der Waals surface area contributed by atoms with Gasteiger partial charge in [-0.1, -0.05) is 30.3 Å². The number of amides is 1. The van der Waals surface area contributed by atoms with Crippen LogP contribution >= 0.6 is 0 Å². The number of nitrogens with zero attached hydrogens (tertiary/aromatic N) is 1. The van der Waals surface area contributed by atoms with Gasteiger partial charge in [-0.2, -0.15) is 0 Å². The Kier molecular flexibility index (Phi) is 6.28. The van der Waals surface area contributed by atoms with Crippen molar-refractivity contribution in [2.24, 2.45) is 5.92 Å². The fourth-order valence-electron chi connectivity index (χ4n) is 3.66. The van der Waals surface area contributed by atoms with Gasteiger partial charge in [-0.3, -0.25) is 4.79 Å². The lowest BCUT2D eigenvalue weighted by Gasteiger charge is -2.18. The second kappa shape index (κ2) is 9.44. The highest BCUT2D eigenvalue weighted by Gasteiger charge is 2.23. The molecule has 30 heavy (non-hydrogen) atoms. The van der Waals surface area contributed by atoms with Crippen molar-refractivity contribution in [2.45, 2.75) is 13.0 Å². The summed E-state index contributed by atoms with van der Waals surface area (Å²) in [6.07, 6.45) is 1.01. The molecule has 0 aromatic heterocycles. The minimum absolute atomic E-state index is 0.0641. The molecule has 0 aliphatic carbocycles. The van der Waals surface area contributed by atoms with Crippen LogP contribution in [0, 0.1) is 11.7 Å². The van der Waals surface area contributed by atoms with Crippen molar-refractivity contribution in [3.05, 3.63) is 95.8 Å². The van der Waals surface area contributed by atoms with Gasteiger partial charge in [0.05, 0.1) is 0 Å². The molecule has 1 fully saturated rings. The van der Waals surface area contributed by atoms with E-state index in [9.17, 15) is 9.18 Å². The van der Waals surface area contributed by atoms with Crippen molar-refractivity contribution >= 4 is 11.6 Å². The number of halogens is 1. The minimum Gasteiger partial charge on any atom is -0.489 e. The third-order valence-corrected chi connectivity index (χ3v) is 5.39. The van der Waals surface area contributed by atoms with Gasteiger partial charge in [0.2, 0.25) is 0 Å². The molecule has 3 aromatic rings. The molecule has 1 aliphatic heterocycles. The lowest BCUT2D eigenvalue weighted by Crippen LogP contribution is -2.31. The average Bonchev–Trinajstić information content (AvgIpc) is 3.27.